The standard InChI is InChI=1S/C49H36N2OS/c1-3-13-38-35(4-2)47-41(29-42(38)49-50-45(33-15-6-5-7-16-33)48-46(51-49)39-19-10-11-21-44(39)53-48)40-28-34(26-27-43(40)52-47)30-22-24-32(25-23-30)37-20-12-17-31-14-8-9-18-36(31)37/h3-24,26-28,32,42H,2,25,29H2,1H3/b13-3-. The minimum Gasteiger partial charge on any atom is -0.456 e. The Hall–Kier alpha value is -6.10. The van der Waals surface area contributed by atoms with Crippen molar-refractivity contribution in [1.82, 2.24) is 9.97 Å². The van der Waals surface area contributed by atoms with Crippen LogP contribution in [0.3, 0.4) is 0 Å². The summed E-state index contributed by atoms with van der Waals surface area (Å²) in [6.45, 7) is 6.36. The van der Waals surface area contributed by atoms with Crippen LogP contribution in [0.5, 0.6) is 0 Å². The van der Waals surface area contributed by atoms with Crippen molar-refractivity contribution in [2.75, 3.05) is 0 Å². The van der Waals surface area contributed by atoms with E-state index in [4.69, 9.17) is 14.4 Å². The molecule has 0 saturated carbocycles. The average molecular weight is 701 g/mol. The van der Waals surface area contributed by atoms with E-state index in [2.05, 4.69) is 159 Å². The molecule has 8 aromatic rings. The van der Waals surface area contributed by atoms with Crippen LogP contribution >= 0.6 is 11.3 Å². The molecule has 0 radical (unpaired) electrons. The first-order valence-electron chi connectivity index (χ1n) is 18.3. The van der Waals surface area contributed by atoms with Gasteiger partial charge >= 0.3 is 0 Å². The highest BCUT2D eigenvalue weighted by atomic mass is 32.1. The molecule has 0 saturated heterocycles. The van der Waals surface area contributed by atoms with Gasteiger partial charge in [0.25, 0.3) is 0 Å². The molecule has 4 heteroatoms. The highest BCUT2D eigenvalue weighted by Crippen LogP contribution is 2.47. The number of furan rings is 1. The van der Waals surface area contributed by atoms with Crippen molar-refractivity contribution in [3.05, 3.63) is 192 Å². The smallest absolute Gasteiger partial charge is 0.138 e. The Morgan fingerprint density at radius 1 is 0.811 bits per heavy atom. The molecule has 10 rings (SSSR count). The summed E-state index contributed by atoms with van der Waals surface area (Å²) >= 11 is 1.77. The second-order valence-corrected chi connectivity index (χ2v) is 15.0. The molecule has 254 valence electrons. The highest BCUT2D eigenvalue weighted by molar-refractivity contribution is 7.26. The minimum absolute atomic E-state index is 0.0862. The zero-order valence-electron chi connectivity index (χ0n) is 29.4. The van der Waals surface area contributed by atoms with Gasteiger partial charge in [-0.15, -0.1) is 11.3 Å². The third-order valence-electron chi connectivity index (χ3n) is 10.9. The van der Waals surface area contributed by atoms with Crippen molar-refractivity contribution >= 4 is 64.5 Å². The summed E-state index contributed by atoms with van der Waals surface area (Å²) in [6.07, 6.45) is 15.0. The molecule has 3 heterocycles. The van der Waals surface area contributed by atoms with Gasteiger partial charge in [-0.1, -0.05) is 140 Å². The zero-order chi connectivity index (χ0) is 35.5. The molecule has 2 aliphatic carbocycles. The lowest BCUT2D eigenvalue weighted by atomic mass is 9.79. The van der Waals surface area contributed by atoms with E-state index >= 15 is 0 Å². The van der Waals surface area contributed by atoms with Crippen molar-refractivity contribution in [1.29, 1.82) is 0 Å². The van der Waals surface area contributed by atoms with Crippen LogP contribution in [0, 0.1) is 0 Å². The van der Waals surface area contributed by atoms with E-state index < -0.39 is 0 Å². The number of fused-ring (bicyclic) bond motifs is 7. The van der Waals surface area contributed by atoms with E-state index in [1.807, 2.05) is 6.08 Å². The van der Waals surface area contributed by atoms with E-state index in [1.54, 1.807) is 11.3 Å². The monoisotopic (exact) mass is 700 g/mol. The second-order valence-electron chi connectivity index (χ2n) is 14.0. The largest absolute Gasteiger partial charge is 0.456 e. The SMILES string of the molecule is C=CC1=C(/C=C\C)C(c2nc(-c3ccccc3)c3sc4ccccc4c3n2)Cc2c1oc1ccc(C3=CCC(c4cccc5ccccc45)C=C3)cc21. The molecule has 0 amide bonds. The molecule has 0 fully saturated rings. The molecule has 0 aliphatic heterocycles. The minimum atomic E-state index is -0.0862. The summed E-state index contributed by atoms with van der Waals surface area (Å²) in [5, 5.41) is 4.92. The van der Waals surface area contributed by atoms with E-state index in [9.17, 15) is 0 Å². The van der Waals surface area contributed by atoms with Crippen LogP contribution in [0.25, 0.3) is 64.4 Å². The first kappa shape index (κ1) is 31.6. The lowest BCUT2D eigenvalue weighted by Gasteiger charge is -2.25. The van der Waals surface area contributed by atoms with Crippen molar-refractivity contribution in [2.45, 2.75) is 31.6 Å². The Morgan fingerprint density at radius 2 is 1.62 bits per heavy atom. The van der Waals surface area contributed by atoms with E-state index in [-0.39, 0.29) is 5.92 Å². The van der Waals surface area contributed by atoms with Gasteiger partial charge < -0.3 is 4.42 Å². The fraction of sp³-hybridized carbons (Fsp3) is 0.102. The van der Waals surface area contributed by atoms with Gasteiger partial charge in [0.05, 0.1) is 15.9 Å². The van der Waals surface area contributed by atoms with Gasteiger partial charge in [-0.05, 0) is 71.0 Å². The Bertz CT molecular complexity index is 2880. The van der Waals surface area contributed by atoms with Gasteiger partial charge in [-0.3, -0.25) is 0 Å². The fourth-order valence-electron chi connectivity index (χ4n) is 8.40. The van der Waals surface area contributed by atoms with Crippen LogP contribution < -0.4 is 0 Å². The molecule has 0 N–H and O–H groups in total. The molecule has 2 aliphatic rings. The zero-order valence-corrected chi connectivity index (χ0v) is 30.2. The molecule has 0 spiro atoms. The summed E-state index contributed by atoms with van der Waals surface area (Å²) < 4.78 is 9.02. The maximum Gasteiger partial charge on any atom is 0.138 e. The normalized spacial score (nSPS) is 17.3. The number of hydrogen-bond donors (Lipinski definition) is 0. The summed E-state index contributed by atoms with van der Waals surface area (Å²) in [5.41, 5.74) is 11.1. The van der Waals surface area contributed by atoms with Crippen LogP contribution in [0.15, 0.2) is 168 Å². The Labute approximate surface area is 312 Å². The molecular formula is C49H36N2OS. The fourth-order valence-corrected chi connectivity index (χ4v) is 9.56. The molecule has 5 aromatic carbocycles. The Morgan fingerprint density at radius 3 is 2.45 bits per heavy atom. The highest BCUT2D eigenvalue weighted by Gasteiger charge is 2.33. The molecular weight excluding hydrogens is 665 g/mol. The molecule has 3 aromatic heterocycles. The molecule has 3 nitrogen and oxygen atoms in total. The van der Waals surface area contributed by atoms with Crippen molar-refractivity contribution in [2.24, 2.45) is 0 Å². The van der Waals surface area contributed by atoms with Crippen LogP contribution in [0.4, 0.5) is 0 Å². The summed E-state index contributed by atoms with van der Waals surface area (Å²) in [6, 6.07) is 41.1. The van der Waals surface area contributed by atoms with Crippen LogP contribution in [-0.2, 0) is 6.42 Å². The first-order chi connectivity index (χ1) is 26.2. The second kappa shape index (κ2) is 12.8. The predicted molar refractivity (Wildman–Crippen MR) is 223 cm³/mol. The van der Waals surface area contributed by atoms with Crippen molar-refractivity contribution in [3.8, 4) is 11.3 Å². The summed E-state index contributed by atoms with van der Waals surface area (Å²) in [7, 11) is 0. The van der Waals surface area contributed by atoms with Crippen LogP contribution in [0.2, 0.25) is 0 Å². The first-order valence-corrected chi connectivity index (χ1v) is 19.2. The average Bonchev–Trinajstić information content (AvgIpc) is 3.78. The quantitative estimate of drug-likeness (QED) is 0.173. The Kier molecular flexibility index (Phi) is 7.66. The topological polar surface area (TPSA) is 38.9 Å². The Balaban J connectivity index is 1.08. The lowest BCUT2D eigenvalue weighted by molar-refractivity contribution is 0.582. The predicted octanol–water partition coefficient (Wildman–Crippen LogP) is 13.4. The van der Waals surface area contributed by atoms with E-state index in [0.717, 1.165) is 68.0 Å². The van der Waals surface area contributed by atoms with E-state index in [1.165, 1.54) is 43.1 Å². The molecule has 0 bridgehead atoms. The van der Waals surface area contributed by atoms with Gasteiger partial charge in [0.15, 0.2) is 0 Å². The maximum absolute atomic E-state index is 6.68. The van der Waals surface area contributed by atoms with Crippen LogP contribution in [0.1, 0.15) is 53.5 Å². The van der Waals surface area contributed by atoms with Gasteiger partial charge in [0, 0.05) is 44.0 Å². The van der Waals surface area contributed by atoms with Gasteiger partial charge in [-0.25, -0.2) is 9.97 Å². The molecule has 2 atom stereocenters. The van der Waals surface area contributed by atoms with Crippen LogP contribution in [-0.4, -0.2) is 9.97 Å². The van der Waals surface area contributed by atoms with Gasteiger partial charge in [-0.2, -0.15) is 0 Å². The van der Waals surface area contributed by atoms with Gasteiger partial charge in [0.2, 0.25) is 0 Å². The number of hydrogen-bond acceptors (Lipinski definition) is 4. The number of nitrogens with zero attached hydrogens (tertiary/aromatic N) is 2. The lowest BCUT2D eigenvalue weighted by Crippen LogP contribution is -2.16. The summed E-state index contributed by atoms with van der Waals surface area (Å²) in [5.74, 6) is 1.98. The molecule has 2 unspecified atom stereocenters. The number of aromatic nitrogens is 2. The summed E-state index contributed by atoms with van der Waals surface area (Å²) in [4.78, 5) is 10.8. The number of thiophene rings is 1. The number of allylic oxidation sites excluding steroid dienone is 9. The number of rotatable bonds is 6. The van der Waals surface area contributed by atoms with Crippen molar-refractivity contribution in [3.63, 3.8) is 0 Å². The number of benzene rings is 5. The van der Waals surface area contributed by atoms with E-state index in [0.29, 0.717) is 5.92 Å². The maximum atomic E-state index is 6.68. The third kappa shape index (κ3) is 5.24. The molecule has 53 heavy (non-hydrogen) atoms. The third-order valence-corrected chi connectivity index (χ3v) is 12.1. The van der Waals surface area contributed by atoms with Crippen molar-refractivity contribution < 1.29 is 4.42 Å². The van der Waals surface area contributed by atoms with Gasteiger partial charge in [0.1, 0.15) is 17.2 Å².